The van der Waals surface area contributed by atoms with Gasteiger partial charge in [0.25, 0.3) is 0 Å². The summed E-state index contributed by atoms with van der Waals surface area (Å²) in [5.74, 6) is 7.72. The summed E-state index contributed by atoms with van der Waals surface area (Å²) in [5, 5.41) is 11.1. The number of hydrogen-bond acceptors (Lipinski definition) is 6. The molecule has 1 aliphatic rings. The Kier molecular flexibility index (Phi) is 3.58. The molecule has 23 heavy (non-hydrogen) atoms. The van der Waals surface area contributed by atoms with Crippen LogP contribution in [0.1, 0.15) is 17.0 Å². The molecule has 0 aliphatic carbocycles. The summed E-state index contributed by atoms with van der Waals surface area (Å²) in [6.07, 6.45) is 6.94. The molecule has 0 atom stereocenters. The van der Waals surface area contributed by atoms with Crippen molar-refractivity contribution in [1.29, 1.82) is 0 Å². The van der Waals surface area contributed by atoms with Gasteiger partial charge < -0.3 is 4.74 Å². The molecule has 6 nitrogen and oxygen atoms in total. The van der Waals surface area contributed by atoms with Crippen molar-refractivity contribution in [3.05, 3.63) is 53.2 Å². The van der Waals surface area contributed by atoms with Gasteiger partial charge in [0.1, 0.15) is 23.7 Å². The lowest BCUT2D eigenvalue weighted by molar-refractivity contribution is 0.368. The number of rotatable bonds is 2. The third-order valence-electron chi connectivity index (χ3n) is 3.27. The second kappa shape index (κ2) is 6.02. The molecule has 1 aliphatic heterocycles. The number of ether oxygens (including phenoxy) is 1. The van der Waals surface area contributed by atoms with E-state index in [-0.39, 0.29) is 0 Å². The van der Waals surface area contributed by atoms with E-state index in [2.05, 4.69) is 32.0 Å². The van der Waals surface area contributed by atoms with Gasteiger partial charge in [-0.1, -0.05) is 11.8 Å². The number of aliphatic imine (C=N–C) groups is 1. The van der Waals surface area contributed by atoms with Crippen molar-refractivity contribution in [3.8, 4) is 22.6 Å². The molecule has 0 spiro atoms. The first-order chi connectivity index (χ1) is 11.4. The first kappa shape index (κ1) is 13.7. The van der Waals surface area contributed by atoms with Crippen molar-refractivity contribution >= 4 is 17.6 Å². The Hall–Kier alpha value is -2.98. The zero-order valence-corrected chi connectivity index (χ0v) is 12.8. The van der Waals surface area contributed by atoms with Crippen molar-refractivity contribution in [2.24, 2.45) is 4.99 Å². The maximum absolute atomic E-state index is 5.53. The molecule has 0 aromatic carbocycles. The minimum absolute atomic E-state index is 0.311. The third kappa shape index (κ3) is 2.72. The lowest BCUT2D eigenvalue weighted by Gasteiger charge is -2.00. The van der Waals surface area contributed by atoms with Gasteiger partial charge in [0.2, 0.25) is 0 Å². The summed E-state index contributed by atoms with van der Waals surface area (Å²) in [7, 11) is 0. The van der Waals surface area contributed by atoms with Gasteiger partial charge in [-0.15, -0.1) is 21.5 Å². The molecule has 112 valence electrons. The molecule has 3 aromatic heterocycles. The molecule has 0 amide bonds. The molecule has 0 fully saturated rings. The minimum atomic E-state index is 0.311. The molecule has 4 heterocycles. The summed E-state index contributed by atoms with van der Waals surface area (Å²) >= 11 is 1.61. The Labute approximate surface area is 136 Å². The maximum Gasteiger partial charge on any atom is 0.159 e. The van der Waals surface area contributed by atoms with Crippen molar-refractivity contribution in [2.45, 2.75) is 6.54 Å². The van der Waals surface area contributed by atoms with E-state index in [1.807, 2.05) is 28.3 Å². The van der Waals surface area contributed by atoms with Crippen LogP contribution in [0.5, 0.6) is 5.75 Å². The Balaban J connectivity index is 1.55. The average Bonchev–Trinajstić information content (AvgIpc) is 3.16. The van der Waals surface area contributed by atoms with Gasteiger partial charge in [-0.05, 0) is 12.1 Å². The first-order valence-corrected chi connectivity index (χ1v) is 7.82. The predicted molar refractivity (Wildman–Crippen MR) is 87.1 cm³/mol. The molecule has 0 radical (unpaired) electrons. The fraction of sp³-hybridized carbons (Fsp3) is 0.125. The number of pyridine rings is 1. The quantitative estimate of drug-likeness (QED) is 0.678. The number of fused-ring (bicyclic) bond motifs is 3. The van der Waals surface area contributed by atoms with Crippen LogP contribution in [0.15, 0.2) is 41.2 Å². The molecule has 0 N–H and O–H groups in total. The van der Waals surface area contributed by atoms with Gasteiger partial charge in [0.15, 0.2) is 5.82 Å². The maximum atomic E-state index is 5.53. The van der Waals surface area contributed by atoms with E-state index in [0.717, 1.165) is 22.0 Å². The van der Waals surface area contributed by atoms with E-state index in [4.69, 9.17) is 4.74 Å². The summed E-state index contributed by atoms with van der Waals surface area (Å²) in [6, 6.07) is 3.68. The topological polar surface area (TPSA) is 65.2 Å². The number of thiophene rings is 1. The first-order valence-electron chi connectivity index (χ1n) is 6.94. The van der Waals surface area contributed by atoms with Crippen LogP contribution in [0.25, 0.3) is 5.00 Å². The van der Waals surface area contributed by atoms with E-state index in [9.17, 15) is 0 Å². The van der Waals surface area contributed by atoms with Crippen LogP contribution >= 0.6 is 11.3 Å². The minimum Gasteiger partial charge on any atom is -0.479 e. The van der Waals surface area contributed by atoms with E-state index in [1.165, 1.54) is 0 Å². The van der Waals surface area contributed by atoms with Crippen molar-refractivity contribution < 1.29 is 4.74 Å². The largest absolute Gasteiger partial charge is 0.479 e. The highest BCUT2D eigenvalue weighted by molar-refractivity contribution is 7.13. The Morgan fingerprint density at radius 1 is 1.39 bits per heavy atom. The normalized spacial score (nSPS) is 11.8. The standard InChI is InChI=1S/C16H11N5OS/c1-4-13(7-17-5-1)22-6-2-3-12-10-23-16-14(12)8-18-9-15-20-19-11-21(15)16/h1,4-5,7-8,10-11H,6,9H2. The van der Waals surface area contributed by atoms with Gasteiger partial charge in [-0.2, -0.15) is 0 Å². The summed E-state index contributed by atoms with van der Waals surface area (Å²) in [6.45, 7) is 0.837. The second-order valence-corrected chi connectivity index (χ2v) is 5.59. The smallest absolute Gasteiger partial charge is 0.159 e. The van der Waals surface area contributed by atoms with Gasteiger partial charge in [0, 0.05) is 28.9 Å². The van der Waals surface area contributed by atoms with Crippen LogP contribution in [0, 0.1) is 11.8 Å². The molecule has 0 saturated heterocycles. The van der Waals surface area contributed by atoms with Crippen LogP contribution in [-0.2, 0) is 6.54 Å². The zero-order valence-electron chi connectivity index (χ0n) is 12.0. The highest BCUT2D eigenvalue weighted by Gasteiger charge is 2.16. The molecule has 0 bridgehead atoms. The zero-order chi connectivity index (χ0) is 15.5. The molecule has 3 aromatic rings. The van der Waals surface area contributed by atoms with E-state index < -0.39 is 0 Å². The molecule has 7 heteroatoms. The molecule has 0 saturated carbocycles. The van der Waals surface area contributed by atoms with Crippen LogP contribution in [0.4, 0.5) is 0 Å². The number of aromatic nitrogens is 4. The van der Waals surface area contributed by atoms with Crippen LogP contribution in [-0.4, -0.2) is 32.6 Å². The Morgan fingerprint density at radius 3 is 3.30 bits per heavy atom. The van der Waals surface area contributed by atoms with Gasteiger partial charge >= 0.3 is 0 Å². The number of nitrogens with zero attached hydrogens (tertiary/aromatic N) is 5. The third-order valence-corrected chi connectivity index (χ3v) is 4.26. The summed E-state index contributed by atoms with van der Waals surface area (Å²) in [5.41, 5.74) is 1.94. The molecule has 0 unspecified atom stereocenters. The van der Waals surface area contributed by atoms with E-state index >= 15 is 0 Å². The van der Waals surface area contributed by atoms with Gasteiger partial charge in [-0.3, -0.25) is 14.5 Å². The Bertz CT molecular complexity index is 917. The molecule has 4 rings (SSSR count). The average molecular weight is 321 g/mol. The van der Waals surface area contributed by atoms with Crippen molar-refractivity contribution in [1.82, 2.24) is 19.7 Å². The highest BCUT2D eigenvalue weighted by Crippen LogP contribution is 2.27. The Morgan fingerprint density at radius 2 is 2.39 bits per heavy atom. The lowest BCUT2D eigenvalue weighted by Crippen LogP contribution is -1.97. The van der Waals surface area contributed by atoms with Crippen molar-refractivity contribution in [3.63, 3.8) is 0 Å². The lowest BCUT2D eigenvalue weighted by atomic mass is 10.2. The monoisotopic (exact) mass is 321 g/mol. The van der Waals surface area contributed by atoms with E-state index in [1.54, 1.807) is 30.1 Å². The van der Waals surface area contributed by atoms with Crippen molar-refractivity contribution in [2.75, 3.05) is 6.61 Å². The predicted octanol–water partition coefficient (Wildman–Crippen LogP) is 2.09. The fourth-order valence-corrected chi connectivity index (χ4v) is 3.17. The van der Waals surface area contributed by atoms with E-state index in [0.29, 0.717) is 18.9 Å². The molecular weight excluding hydrogens is 310 g/mol. The summed E-state index contributed by atoms with van der Waals surface area (Å²) in [4.78, 5) is 8.38. The van der Waals surface area contributed by atoms with Crippen LogP contribution in [0.3, 0.4) is 0 Å². The SMILES string of the molecule is C(#Cc1csc2c1C=NCc1nncn1-2)COc1cccnc1. The highest BCUT2D eigenvalue weighted by atomic mass is 32.1. The summed E-state index contributed by atoms with van der Waals surface area (Å²) < 4.78 is 7.49. The molecular formula is C16H11N5OS. The fourth-order valence-electron chi connectivity index (χ4n) is 2.20. The van der Waals surface area contributed by atoms with Crippen LogP contribution in [0.2, 0.25) is 0 Å². The van der Waals surface area contributed by atoms with Gasteiger partial charge in [0.05, 0.1) is 12.7 Å². The van der Waals surface area contributed by atoms with Gasteiger partial charge in [-0.25, -0.2) is 0 Å². The second-order valence-electron chi connectivity index (χ2n) is 4.73. The number of hydrogen-bond donors (Lipinski definition) is 0. The van der Waals surface area contributed by atoms with Crippen LogP contribution < -0.4 is 4.74 Å².